The van der Waals surface area contributed by atoms with Crippen LogP contribution in [0.4, 0.5) is 0 Å². The Bertz CT molecular complexity index is 192. The summed E-state index contributed by atoms with van der Waals surface area (Å²) in [7, 11) is 0. The molecule has 0 fully saturated rings. The van der Waals surface area contributed by atoms with E-state index in [1.165, 1.54) is 57.8 Å². The van der Waals surface area contributed by atoms with Crippen molar-refractivity contribution in [3.63, 3.8) is 0 Å². The zero-order valence-corrected chi connectivity index (χ0v) is 16.5. The van der Waals surface area contributed by atoms with Gasteiger partial charge in [0.05, 0.1) is 0 Å². The predicted molar refractivity (Wildman–Crippen MR) is 87.8 cm³/mol. The second kappa shape index (κ2) is 13.3. The molecule has 0 aromatic carbocycles. The average Bonchev–Trinajstić information content (AvgIpc) is 2.44. The molecule has 2 heteroatoms. The van der Waals surface area contributed by atoms with Crippen molar-refractivity contribution >= 4 is 21.1 Å². The second-order valence-electron chi connectivity index (χ2n) is 5.49. The molecule has 0 aliphatic carbocycles. The van der Waals surface area contributed by atoms with Crippen LogP contribution in [0, 0.1) is 0 Å². The molecule has 0 rings (SSSR count). The standard InChI is InChI=1S/C13H27.C4H7O.Sn/c1-4-7-10-13(11-8-5-2)12-9-6-3;1-3-5-4-2;/h4-12H2,1-3H3;1,3H,4H2,2H3;. The third-order valence-electron chi connectivity index (χ3n) is 3.75. The summed E-state index contributed by atoms with van der Waals surface area (Å²) >= 11 is -0.475. The zero-order chi connectivity index (χ0) is 14.4. The van der Waals surface area contributed by atoms with Crippen molar-refractivity contribution < 1.29 is 4.74 Å². The molecule has 0 saturated carbocycles. The number of hydrogen-bond donors (Lipinski definition) is 0. The monoisotopic (exact) mass is 374 g/mol. The molecule has 0 saturated heterocycles. The first-order valence-electron chi connectivity index (χ1n) is 8.29. The molecule has 0 N–H and O–H groups in total. The molecule has 0 spiro atoms. The van der Waals surface area contributed by atoms with Crippen LogP contribution < -0.4 is 0 Å². The Morgan fingerprint density at radius 1 is 0.842 bits per heavy atom. The van der Waals surface area contributed by atoms with E-state index in [1.54, 1.807) is 0 Å². The molecule has 112 valence electrons. The van der Waals surface area contributed by atoms with Crippen LogP contribution in [-0.4, -0.2) is 27.7 Å². The summed E-state index contributed by atoms with van der Waals surface area (Å²) in [6.07, 6.45) is 14.6. The summed E-state index contributed by atoms with van der Waals surface area (Å²) in [6.45, 7) is 9.85. The molecule has 0 aromatic rings. The quantitative estimate of drug-likeness (QED) is 0.287. The third-order valence-corrected chi connectivity index (χ3v) is 8.50. The van der Waals surface area contributed by atoms with E-state index in [1.807, 2.05) is 6.26 Å². The molecular weight excluding hydrogens is 339 g/mol. The Kier molecular flexibility index (Phi) is 13.6. The molecule has 0 heterocycles. The van der Waals surface area contributed by atoms with Crippen LogP contribution in [0.2, 0.25) is 3.43 Å². The summed E-state index contributed by atoms with van der Waals surface area (Å²) < 4.78 is 8.55. The van der Waals surface area contributed by atoms with E-state index in [-0.39, 0.29) is 0 Å². The average molecular weight is 373 g/mol. The van der Waals surface area contributed by atoms with Crippen molar-refractivity contribution in [1.82, 2.24) is 0 Å². The van der Waals surface area contributed by atoms with Gasteiger partial charge in [0.25, 0.3) is 0 Å². The maximum atomic E-state index is 5.40. The van der Waals surface area contributed by atoms with Gasteiger partial charge in [-0.1, -0.05) is 0 Å². The van der Waals surface area contributed by atoms with Crippen LogP contribution in [0.3, 0.4) is 0 Å². The van der Waals surface area contributed by atoms with E-state index >= 15 is 0 Å². The molecule has 0 aliphatic heterocycles. The fourth-order valence-corrected chi connectivity index (χ4v) is 6.72. The molecule has 0 aromatic heterocycles. The molecule has 1 nitrogen and oxygen atoms in total. The molecule has 0 amide bonds. The normalized spacial score (nSPS) is 12.2. The van der Waals surface area contributed by atoms with Crippen molar-refractivity contribution in [2.75, 3.05) is 6.61 Å². The summed E-state index contributed by atoms with van der Waals surface area (Å²) in [5.74, 6) is 0. The summed E-state index contributed by atoms with van der Waals surface area (Å²) in [5.41, 5.74) is 0. The molecular formula is C17H34OSn. The fourth-order valence-electron chi connectivity index (χ4n) is 2.49. The van der Waals surface area contributed by atoms with Gasteiger partial charge >= 0.3 is 132 Å². The molecule has 0 aliphatic rings. The van der Waals surface area contributed by atoms with Crippen LogP contribution in [0.15, 0.2) is 10.4 Å². The van der Waals surface area contributed by atoms with Crippen molar-refractivity contribution in [3.8, 4) is 0 Å². The van der Waals surface area contributed by atoms with E-state index in [4.69, 9.17) is 4.74 Å². The molecule has 2 radical (unpaired) electrons. The van der Waals surface area contributed by atoms with Gasteiger partial charge in [-0.25, -0.2) is 0 Å². The Balaban J connectivity index is 4.56. The Labute approximate surface area is 131 Å². The molecule has 0 unspecified atom stereocenters. The van der Waals surface area contributed by atoms with Crippen LogP contribution in [-0.2, 0) is 4.74 Å². The SMILES string of the molecule is CCCC[C](CCCC)(CCCC)[Sn]/[CH]=C\OCC. The minimum absolute atomic E-state index is 0.475. The molecule has 19 heavy (non-hydrogen) atoms. The van der Waals surface area contributed by atoms with Crippen LogP contribution >= 0.6 is 0 Å². The van der Waals surface area contributed by atoms with E-state index in [2.05, 4.69) is 31.8 Å². The first-order valence-corrected chi connectivity index (χ1v) is 11.4. The van der Waals surface area contributed by atoms with E-state index < -0.39 is 21.1 Å². The second-order valence-corrected chi connectivity index (χ2v) is 10.3. The van der Waals surface area contributed by atoms with Crippen molar-refractivity contribution in [3.05, 3.63) is 10.4 Å². The van der Waals surface area contributed by atoms with Gasteiger partial charge in [-0.3, -0.25) is 0 Å². The number of rotatable bonds is 13. The van der Waals surface area contributed by atoms with Gasteiger partial charge in [0.2, 0.25) is 0 Å². The van der Waals surface area contributed by atoms with E-state index in [0.29, 0.717) is 3.43 Å². The van der Waals surface area contributed by atoms with E-state index in [0.717, 1.165) is 6.61 Å². The molecule has 0 bridgehead atoms. The fraction of sp³-hybridized carbons (Fsp3) is 0.882. The topological polar surface area (TPSA) is 9.23 Å². The van der Waals surface area contributed by atoms with Gasteiger partial charge in [-0.2, -0.15) is 0 Å². The van der Waals surface area contributed by atoms with Crippen LogP contribution in [0.25, 0.3) is 0 Å². The Morgan fingerprint density at radius 2 is 1.32 bits per heavy atom. The van der Waals surface area contributed by atoms with Crippen LogP contribution in [0.5, 0.6) is 0 Å². The van der Waals surface area contributed by atoms with E-state index in [9.17, 15) is 0 Å². The van der Waals surface area contributed by atoms with Gasteiger partial charge in [-0.15, -0.1) is 0 Å². The first kappa shape index (κ1) is 19.3. The van der Waals surface area contributed by atoms with Crippen LogP contribution in [0.1, 0.15) is 85.5 Å². The number of ether oxygens (including phenoxy) is 1. The summed E-state index contributed by atoms with van der Waals surface area (Å²) in [4.78, 5) is 0. The third kappa shape index (κ3) is 9.81. The zero-order valence-electron chi connectivity index (χ0n) is 13.6. The maximum absolute atomic E-state index is 5.40. The van der Waals surface area contributed by atoms with Crippen molar-refractivity contribution in [2.45, 2.75) is 88.9 Å². The summed E-state index contributed by atoms with van der Waals surface area (Å²) in [6, 6.07) is 0. The molecule has 0 atom stereocenters. The van der Waals surface area contributed by atoms with Gasteiger partial charge < -0.3 is 0 Å². The van der Waals surface area contributed by atoms with Gasteiger partial charge in [-0.05, 0) is 0 Å². The van der Waals surface area contributed by atoms with Gasteiger partial charge in [0.15, 0.2) is 0 Å². The van der Waals surface area contributed by atoms with Gasteiger partial charge in [0.1, 0.15) is 0 Å². The Hall–Kier alpha value is 0.339. The van der Waals surface area contributed by atoms with Crippen molar-refractivity contribution in [1.29, 1.82) is 0 Å². The number of unbranched alkanes of at least 4 members (excludes halogenated alkanes) is 3. The number of hydrogen-bond acceptors (Lipinski definition) is 1. The predicted octanol–water partition coefficient (Wildman–Crippen LogP) is 5.93. The Morgan fingerprint density at radius 3 is 1.68 bits per heavy atom. The summed E-state index contributed by atoms with van der Waals surface area (Å²) in [5, 5.41) is 0. The minimum atomic E-state index is -0.475. The first-order chi connectivity index (χ1) is 9.24. The van der Waals surface area contributed by atoms with Gasteiger partial charge in [0, 0.05) is 0 Å². The van der Waals surface area contributed by atoms with Crippen molar-refractivity contribution in [2.24, 2.45) is 0 Å².